The van der Waals surface area contributed by atoms with E-state index in [1.54, 1.807) is 30.7 Å². The van der Waals surface area contributed by atoms with Crippen LogP contribution in [0.2, 0.25) is 0 Å². The van der Waals surface area contributed by atoms with Crippen LogP contribution in [-0.4, -0.2) is 27.6 Å². The fraction of sp³-hybridized carbons (Fsp3) is 0.154. The number of hydrogen-bond acceptors (Lipinski definition) is 4. The molecule has 0 saturated heterocycles. The molecule has 0 aliphatic heterocycles. The van der Waals surface area contributed by atoms with E-state index < -0.39 is 5.97 Å². The Morgan fingerprint density at radius 2 is 2.00 bits per heavy atom. The third kappa shape index (κ3) is 3.28. The van der Waals surface area contributed by atoms with Gasteiger partial charge in [-0.1, -0.05) is 12.1 Å². The van der Waals surface area contributed by atoms with Crippen molar-refractivity contribution >= 4 is 11.8 Å². The first kappa shape index (κ1) is 12.0. The van der Waals surface area contributed by atoms with E-state index in [-0.39, 0.29) is 0 Å². The van der Waals surface area contributed by atoms with Crippen LogP contribution in [0.5, 0.6) is 0 Å². The zero-order valence-electron chi connectivity index (χ0n) is 9.71. The Bertz CT molecular complexity index is 512. The van der Waals surface area contributed by atoms with Crippen molar-refractivity contribution in [3.63, 3.8) is 0 Å². The summed E-state index contributed by atoms with van der Waals surface area (Å²) in [6, 6.07) is 6.86. The standard InChI is InChI=1S/C13H13N3O2/c17-13(18)11-3-1-10(2-4-11)5-6-15-12-9-14-7-8-16-12/h1-4,7-9H,5-6H2,(H,15,16)(H,17,18). The number of carbonyl (C=O) groups is 1. The van der Waals surface area contributed by atoms with Crippen LogP contribution in [0.4, 0.5) is 5.82 Å². The first-order valence-corrected chi connectivity index (χ1v) is 5.58. The zero-order valence-corrected chi connectivity index (χ0v) is 9.71. The molecule has 0 bridgehead atoms. The first-order chi connectivity index (χ1) is 8.75. The van der Waals surface area contributed by atoms with Crippen molar-refractivity contribution in [2.45, 2.75) is 6.42 Å². The Kier molecular flexibility index (Phi) is 3.86. The summed E-state index contributed by atoms with van der Waals surface area (Å²) in [7, 11) is 0. The van der Waals surface area contributed by atoms with Gasteiger partial charge in [-0.3, -0.25) is 4.98 Å². The highest BCUT2D eigenvalue weighted by atomic mass is 16.4. The maximum absolute atomic E-state index is 10.7. The third-order valence-electron chi connectivity index (χ3n) is 2.48. The molecule has 1 aromatic carbocycles. The van der Waals surface area contributed by atoms with E-state index in [0.717, 1.165) is 24.3 Å². The van der Waals surface area contributed by atoms with Crippen LogP contribution >= 0.6 is 0 Å². The molecule has 0 unspecified atom stereocenters. The molecule has 0 radical (unpaired) electrons. The summed E-state index contributed by atoms with van der Waals surface area (Å²) in [4.78, 5) is 18.7. The minimum Gasteiger partial charge on any atom is -0.478 e. The smallest absolute Gasteiger partial charge is 0.335 e. The summed E-state index contributed by atoms with van der Waals surface area (Å²) in [6.45, 7) is 0.727. The molecule has 1 aromatic heterocycles. The maximum atomic E-state index is 10.7. The third-order valence-corrected chi connectivity index (χ3v) is 2.48. The average Bonchev–Trinajstić information content (AvgIpc) is 2.40. The van der Waals surface area contributed by atoms with E-state index in [9.17, 15) is 4.79 Å². The molecule has 5 heteroatoms. The van der Waals surface area contributed by atoms with E-state index in [1.165, 1.54) is 0 Å². The lowest BCUT2D eigenvalue weighted by Gasteiger charge is -2.05. The van der Waals surface area contributed by atoms with Crippen LogP contribution in [-0.2, 0) is 6.42 Å². The van der Waals surface area contributed by atoms with Gasteiger partial charge >= 0.3 is 5.97 Å². The van der Waals surface area contributed by atoms with Gasteiger partial charge in [0.05, 0.1) is 11.8 Å². The number of carboxylic acids is 1. The molecule has 5 nitrogen and oxygen atoms in total. The topological polar surface area (TPSA) is 75.1 Å². The molecule has 0 amide bonds. The molecule has 2 aromatic rings. The van der Waals surface area contributed by atoms with Gasteiger partial charge in [0.25, 0.3) is 0 Å². The van der Waals surface area contributed by atoms with Gasteiger partial charge in [-0.2, -0.15) is 0 Å². The number of hydrogen-bond donors (Lipinski definition) is 2. The summed E-state index contributed by atoms with van der Waals surface area (Å²) in [6.07, 6.45) is 5.71. The normalized spacial score (nSPS) is 10.0. The predicted octanol–water partition coefficient (Wildman–Crippen LogP) is 1.83. The van der Waals surface area contributed by atoms with Gasteiger partial charge in [-0.25, -0.2) is 9.78 Å². The van der Waals surface area contributed by atoms with Crippen LogP contribution in [0.25, 0.3) is 0 Å². The highest BCUT2D eigenvalue weighted by Gasteiger charge is 2.01. The fourth-order valence-corrected chi connectivity index (χ4v) is 1.54. The van der Waals surface area contributed by atoms with Crippen molar-refractivity contribution in [1.29, 1.82) is 0 Å². The number of rotatable bonds is 5. The molecule has 2 rings (SSSR count). The number of anilines is 1. The Balaban J connectivity index is 1.85. The highest BCUT2D eigenvalue weighted by Crippen LogP contribution is 2.06. The van der Waals surface area contributed by atoms with Crippen LogP contribution in [0.1, 0.15) is 15.9 Å². The van der Waals surface area contributed by atoms with E-state index in [1.807, 2.05) is 12.1 Å². The SMILES string of the molecule is O=C(O)c1ccc(CCNc2cnccn2)cc1. The predicted molar refractivity (Wildman–Crippen MR) is 67.6 cm³/mol. The second-order valence-electron chi connectivity index (χ2n) is 3.77. The van der Waals surface area contributed by atoms with E-state index in [4.69, 9.17) is 5.11 Å². The largest absolute Gasteiger partial charge is 0.478 e. The summed E-state index contributed by atoms with van der Waals surface area (Å²) in [5, 5.41) is 11.9. The van der Waals surface area contributed by atoms with E-state index in [0.29, 0.717) is 5.56 Å². The minimum atomic E-state index is -0.903. The Hall–Kier alpha value is -2.43. The molecular weight excluding hydrogens is 230 g/mol. The van der Waals surface area contributed by atoms with Crippen LogP contribution in [0, 0.1) is 0 Å². The lowest BCUT2D eigenvalue weighted by Crippen LogP contribution is -2.06. The van der Waals surface area contributed by atoms with Gasteiger partial charge in [0.15, 0.2) is 0 Å². The molecule has 0 saturated carbocycles. The van der Waals surface area contributed by atoms with Gasteiger partial charge in [0.1, 0.15) is 5.82 Å². The number of nitrogens with one attached hydrogen (secondary N) is 1. The maximum Gasteiger partial charge on any atom is 0.335 e. The van der Waals surface area contributed by atoms with Crippen LogP contribution < -0.4 is 5.32 Å². The van der Waals surface area contributed by atoms with Crippen molar-refractivity contribution in [3.8, 4) is 0 Å². The number of carboxylic acid groups (broad SMARTS) is 1. The Labute approximate surface area is 105 Å². The highest BCUT2D eigenvalue weighted by molar-refractivity contribution is 5.87. The minimum absolute atomic E-state index is 0.306. The summed E-state index contributed by atoms with van der Waals surface area (Å²) in [5.74, 6) is -0.168. The van der Waals surface area contributed by atoms with E-state index in [2.05, 4.69) is 15.3 Å². The number of aromatic carboxylic acids is 1. The number of benzene rings is 1. The first-order valence-electron chi connectivity index (χ1n) is 5.58. The monoisotopic (exact) mass is 243 g/mol. The Morgan fingerprint density at radius 3 is 2.61 bits per heavy atom. The molecule has 0 aliphatic carbocycles. The van der Waals surface area contributed by atoms with Gasteiger partial charge in [0.2, 0.25) is 0 Å². The number of aromatic nitrogens is 2. The van der Waals surface area contributed by atoms with Gasteiger partial charge in [-0.05, 0) is 24.1 Å². The summed E-state index contributed by atoms with van der Waals surface area (Å²) < 4.78 is 0. The Morgan fingerprint density at radius 1 is 1.22 bits per heavy atom. The lowest BCUT2D eigenvalue weighted by molar-refractivity contribution is 0.0697. The van der Waals surface area contributed by atoms with Crippen molar-refractivity contribution in [3.05, 3.63) is 54.0 Å². The fourth-order valence-electron chi connectivity index (χ4n) is 1.54. The van der Waals surface area contributed by atoms with Crippen LogP contribution in [0.15, 0.2) is 42.9 Å². The van der Waals surface area contributed by atoms with Crippen molar-refractivity contribution in [1.82, 2.24) is 9.97 Å². The van der Waals surface area contributed by atoms with Crippen molar-refractivity contribution in [2.24, 2.45) is 0 Å². The molecule has 2 N–H and O–H groups in total. The molecule has 18 heavy (non-hydrogen) atoms. The molecule has 0 aliphatic rings. The van der Waals surface area contributed by atoms with Crippen molar-refractivity contribution < 1.29 is 9.90 Å². The molecule has 0 fully saturated rings. The van der Waals surface area contributed by atoms with Gasteiger partial charge in [-0.15, -0.1) is 0 Å². The summed E-state index contributed by atoms with van der Waals surface area (Å²) in [5.41, 5.74) is 1.39. The number of nitrogens with zero attached hydrogens (tertiary/aromatic N) is 2. The lowest BCUT2D eigenvalue weighted by atomic mass is 10.1. The van der Waals surface area contributed by atoms with Gasteiger partial charge < -0.3 is 10.4 Å². The van der Waals surface area contributed by atoms with Crippen molar-refractivity contribution in [2.75, 3.05) is 11.9 Å². The van der Waals surface area contributed by atoms with Gasteiger partial charge in [0, 0.05) is 18.9 Å². The van der Waals surface area contributed by atoms with E-state index >= 15 is 0 Å². The molecule has 0 spiro atoms. The molecule has 92 valence electrons. The molecular formula is C13H13N3O2. The molecule has 1 heterocycles. The quantitative estimate of drug-likeness (QED) is 0.838. The van der Waals surface area contributed by atoms with Crippen LogP contribution in [0.3, 0.4) is 0 Å². The second-order valence-corrected chi connectivity index (χ2v) is 3.77. The molecule has 0 atom stereocenters. The second kappa shape index (κ2) is 5.77. The average molecular weight is 243 g/mol. The summed E-state index contributed by atoms with van der Waals surface area (Å²) >= 11 is 0. The zero-order chi connectivity index (χ0) is 12.8.